The average Bonchev–Trinajstić information content (AvgIpc) is 3.62. The first-order valence-electron chi connectivity index (χ1n) is 14.7. The van der Waals surface area contributed by atoms with Gasteiger partial charge in [-0.15, -0.1) is 5.06 Å². The molecule has 4 aliphatic rings. The largest absolute Gasteiger partial charge is 0.493 e. The highest BCUT2D eigenvalue weighted by atomic mass is 19.4. The van der Waals surface area contributed by atoms with Crippen molar-refractivity contribution in [2.45, 2.75) is 83.2 Å². The van der Waals surface area contributed by atoms with Gasteiger partial charge < -0.3 is 19.8 Å². The number of hydrogen-bond donors (Lipinski definition) is 1. The molecular weight excluding hydrogens is 590 g/mol. The molecule has 43 heavy (non-hydrogen) atoms. The maximum absolute atomic E-state index is 14.0. The maximum atomic E-state index is 14.0. The van der Waals surface area contributed by atoms with Gasteiger partial charge in [0, 0.05) is 32.3 Å². The van der Waals surface area contributed by atoms with Gasteiger partial charge >= 0.3 is 24.0 Å². The van der Waals surface area contributed by atoms with E-state index in [0.29, 0.717) is 35.7 Å². The summed E-state index contributed by atoms with van der Waals surface area (Å²) >= 11 is 0. The zero-order chi connectivity index (χ0) is 31.1. The summed E-state index contributed by atoms with van der Waals surface area (Å²) in [5.41, 5.74) is -2.78. The van der Waals surface area contributed by atoms with Crippen LogP contribution < -0.4 is 26.5 Å². The number of carbonyl (C=O) groups excluding carboxylic acids is 1. The average molecular weight is 627 g/mol. The molecule has 3 unspecified atom stereocenters. The minimum absolute atomic E-state index is 0.0262. The number of likely N-dealkylation sites (tertiary alicyclic amines) is 1. The number of fused-ring (bicyclic) bond motifs is 2. The van der Waals surface area contributed by atoms with Crippen molar-refractivity contribution in [2.24, 2.45) is 11.8 Å². The summed E-state index contributed by atoms with van der Waals surface area (Å²) in [4.78, 5) is 47.9. The van der Waals surface area contributed by atoms with E-state index in [2.05, 4.69) is 5.32 Å². The third-order valence-corrected chi connectivity index (χ3v) is 8.74. The Hall–Kier alpha value is -2.79. The SMILES string of the molecule is CCOCCn1c(=O)c2c(n(CC(F)(F)F)c1=O)N(OC(=O)C(F)(F)F)C(N1CCC3CNCC31)N2CC1CCCCC1. The van der Waals surface area contributed by atoms with Gasteiger partial charge in [0.05, 0.1) is 13.2 Å². The Balaban J connectivity index is 1.73. The Morgan fingerprint density at radius 2 is 1.72 bits per heavy atom. The molecule has 1 aromatic rings. The third-order valence-electron chi connectivity index (χ3n) is 8.74. The van der Waals surface area contributed by atoms with Crippen LogP contribution in [0.1, 0.15) is 45.4 Å². The molecule has 0 amide bonds. The summed E-state index contributed by atoms with van der Waals surface area (Å²) < 4.78 is 88.6. The van der Waals surface area contributed by atoms with Gasteiger partial charge in [0.15, 0.2) is 17.8 Å². The van der Waals surface area contributed by atoms with Crippen LogP contribution in [0.2, 0.25) is 0 Å². The number of alkyl halides is 6. The fraction of sp³-hybridized carbons (Fsp3) is 0.808. The van der Waals surface area contributed by atoms with Crippen molar-refractivity contribution < 1.29 is 40.7 Å². The Labute approximate surface area is 243 Å². The van der Waals surface area contributed by atoms with E-state index in [4.69, 9.17) is 9.57 Å². The Kier molecular flexibility index (Phi) is 9.05. The number of ether oxygens (including phenoxy) is 1. The standard InChI is InChI=1S/C26H36F6N6O5/c1-2-42-11-10-35-21(39)19-20(37(24(35)41)15-25(27,28)29)38(43-22(40)26(30,31)32)23(34-9-8-17-12-33-13-18(17)34)36(19)14-16-6-4-3-5-7-16/h16-18,23,33H,2-15H2,1H3. The molecule has 1 saturated carbocycles. The molecule has 0 aromatic carbocycles. The van der Waals surface area contributed by atoms with Crippen molar-refractivity contribution in [3.8, 4) is 0 Å². The quantitative estimate of drug-likeness (QED) is 0.327. The van der Waals surface area contributed by atoms with Crippen LogP contribution in [0.15, 0.2) is 9.59 Å². The van der Waals surface area contributed by atoms with E-state index in [0.717, 1.165) is 32.1 Å². The lowest BCUT2D eigenvalue weighted by atomic mass is 9.89. The summed E-state index contributed by atoms with van der Waals surface area (Å²) in [5.74, 6) is -3.41. The van der Waals surface area contributed by atoms with E-state index in [1.54, 1.807) is 11.8 Å². The third kappa shape index (κ3) is 6.38. The predicted molar refractivity (Wildman–Crippen MR) is 141 cm³/mol. The van der Waals surface area contributed by atoms with E-state index < -0.39 is 53.9 Å². The summed E-state index contributed by atoms with van der Waals surface area (Å²) in [6.07, 6.45) is -6.98. The highest BCUT2D eigenvalue weighted by Crippen LogP contribution is 2.44. The van der Waals surface area contributed by atoms with Crippen LogP contribution in [0, 0.1) is 11.8 Å². The van der Waals surface area contributed by atoms with Crippen molar-refractivity contribution in [2.75, 3.05) is 49.4 Å². The molecule has 0 spiro atoms. The van der Waals surface area contributed by atoms with Crippen molar-refractivity contribution in [1.29, 1.82) is 0 Å². The number of nitrogens with zero attached hydrogens (tertiary/aromatic N) is 5. The van der Waals surface area contributed by atoms with Gasteiger partial charge in [0.2, 0.25) is 0 Å². The molecule has 3 atom stereocenters. The Bertz CT molecular complexity index is 1290. The minimum Gasteiger partial charge on any atom is -0.380 e. The van der Waals surface area contributed by atoms with Crippen LogP contribution in [0.4, 0.5) is 37.8 Å². The summed E-state index contributed by atoms with van der Waals surface area (Å²) in [6, 6.07) is -0.247. The van der Waals surface area contributed by atoms with E-state index in [-0.39, 0.29) is 48.7 Å². The van der Waals surface area contributed by atoms with Gasteiger partial charge in [-0.3, -0.25) is 18.8 Å². The second-order valence-corrected chi connectivity index (χ2v) is 11.5. The number of hydroxylamine groups is 1. The lowest BCUT2D eigenvalue weighted by molar-refractivity contribution is -0.203. The maximum Gasteiger partial charge on any atom is 0.493 e. The highest BCUT2D eigenvalue weighted by molar-refractivity contribution is 5.80. The molecule has 5 rings (SSSR count). The van der Waals surface area contributed by atoms with Crippen LogP contribution in [-0.4, -0.2) is 84.1 Å². The second-order valence-electron chi connectivity index (χ2n) is 11.5. The number of nitrogens with one attached hydrogen (secondary N) is 1. The topological polar surface area (TPSA) is 101 Å². The van der Waals surface area contributed by atoms with Gasteiger partial charge in [-0.2, -0.15) is 26.3 Å². The molecule has 0 bridgehead atoms. The van der Waals surface area contributed by atoms with Gasteiger partial charge in [-0.25, -0.2) is 9.59 Å². The van der Waals surface area contributed by atoms with Crippen LogP contribution in [0.3, 0.4) is 0 Å². The molecule has 0 radical (unpaired) electrons. The fourth-order valence-electron chi connectivity index (χ4n) is 6.87. The molecule has 1 aliphatic carbocycles. The van der Waals surface area contributed by atoms with Crippen LogP contribution >= 0.6 is 0 Å². The van der Waals surface area contributed by atoms with Crippen LogP contribution in [0.5, 0.6) is 0 Å². The Morgan fingerprint density at radius 3 is 2.37 bits per heavy atom. The lowest BCUT2D eigenvalue weighted by Crippen LogP contribution is -2.60. The van der Waals surface area contributed by atoms with E-state index >= 15 is 0 Å². The van der Waals surface area contributed by atoms with Crippen LogP contribution in [-0.2, 0) is 27.5 Å². The number of anilines is 2. The molecule has 2 saturated heterocycles. The molecule has 3 fully saturated rings. The van der Waals surface area contributed by atoms with E-state index in [1.165, 1.54) is 4.90 Å². The minimum atomic E-state index is -5.49. The number of aromatic nitrogens is 2. The van der Waals surface area contributed by atoms with Crippen molar-refractivity contribution >= 4 is 17.5 Å². The van der Waals surface area contributed by atoms with E-state index in [9.17, 15) is 40.7 Å². The molecule has 4 heterocycles. The zero-order valence-electron chi connectivity index (χ0n) is 23.8. The fourth-order valence-corrected chi connectivity index (χ4v) is 6.87. The molecule has 11 nitrogen and oxygen atoms in total. The first-order valence-corrected chi connectivity index (χ1v) is 14.7. The van der Waals surface area contributed by atoms with Gasteiger partial charge in [-0.1, -0.05) is 19.3 Å². The zero-order valence-corrected chi connectivity index (χ0v) is 23.8. The smallest absolute Gasteiger partial charge is 0.380 e. The van der Waals surface area contributed by atoms with E-state index in [1.807, 2.05) is 0 Å². The predicted octanol–water partition coefficient (Wildman–Crippen LogP) is 2.41. The van der Waals surface area contributed by atoms with Gasteiger partial charge in [-0.05, 0) is 44.6 Å². The number of carbonyl (C=O) groups is 1. The second kappa shape index (κ2) is 12.3. The summed E-state index contributed by atoms with van der Waals surface area (Å²) in [7, 11) is 0. The first kappa shape index (κ1) is 31.6. The van der Waals surface area contributed by atoms with Gasteiger partial charge in [0.1, 0.15) is 6.54 Å². The van der Waals surface area contributed by atoms with Crippen LogP contribution in [0.25, 0.3) is 0 Å². The number of halogens is 6. The van der Waals surface area contributed by atoms with Crippen molar-refractivity contribution in [3.05, 3.63) is 20.8 Å². The molecule has 3 aliphatic heterocycles. The molecule has 1 N–H and O–H groups in total. The number of hydrogen-bond acceptors (Lipinski definition) is 9. The summed E-state index contributed by atoms with van der Waals surface area (Å²) in [6.45, 7) is 0.968. The lowest BCUT2D eigenvalue weighted by Gasteiger charge is -2.41. The molecular formula is C26H36F6N6O5. The van der Waals surface area contributed by atoms with Crippen molar-refractivity contribution in [3.63, 3.8) is 0 Å². The van der Waals surface area contributed by atoms with Crippen molar-refractivity contribution in [1.82, 2.24) is 19.4 Å². The molecule has 17 heteroatoms. The summed E-state index contributed by atoms with van der Waals surface area (Å²) in [5, 5.41) is 3.65. The monoisotopic (exact) mass is 626 g/mol. The van der Waals surface area contributed by atoms with Gasteiger partial charge in [0.25, 0.3) is 5.56 Å². The first-order chi connectivity index (χ1) is 20.3. The Morgan fingerprint density at radius 1 is 1.00 bits per heavy atom. The highest BCUT2D eigenvalue weighted by Gasteiger charge is 2.55. The molecule has 1 aromatic heterocycles. The normalized spacial score (nSPS) is 25.0. The number of rotatable bonds is 9. The molecule has 242 valence electrons.